The summed E-state index contributed by atoms with van der Waals surface area (Å²) in [6.07, 6.45) is 0. The molecule has 0 bridgehead atoms. The minimum atomic E-state index is 0.0692. The topological polar surface area (TPSA) is 45.7 Å². The van der Waals surface area contributed by atoms with Crippen LogP contribution in [0.2, 0.25) is 0 Å². The normalized spacial score (nSPS) is 12.2. The lowest BCUT2D eigenvalue weighted by Gasteiger charge is -2.25. The molecular weight excluding hydrogens is 318 g/mol. The summed E-state index contributed by atoms with van der Waals surface area (Å²) in [5.41, 5.74) is 2.49. The maximum Gasteiger partial charge on any atom is 0.191 e. The zero-order valence-corrected chi connectivity index (χ0v) is 15.7. The molecule has 0 aliphatic heterocycles. The molecule has 0 atom stereocenters. The molecule has 0 spiro atoms. The van der Waals surface area contributed by atoms with Crippen molar-refractivity contribution >= 4 is 17.3 Å². The molecule has 0 saturated carbocycles. The van der Waals surface area contributed by atoms with E-state index < -0.39 is 0 Å². The Labute approximate surface area is 149 Å². The van der Waals surface area contributed by atoms with Gasteiger partial charge in [-0.2, -0.15) is 0 Å². The molecular formula is C19H27N3OS. The molecule has 0 aliphatic rings. The molecule has 0 saturated heterocycles. The number of methoxy groups -OCH3 is 1. The summed E-state index contributed by atoms with van der Waals surface area (Å²) in [7, 11) is 3.52. The van der Waals surface area contributed by atoms with Crippen molar-refractivity contribution in [2.24, 2.45) is 4.99 Å². The van der Waals surface area contributed by atoms with Crippen LogP contribution in [0.1, 0.15) is 29.9 Å². The largest absolute Gasteiger partial charge is 0.380 e. The van der Waals surface area contributed by atoms with Gasteiger partial charge in [-0.1, -0.05) is 44.2 Å². The maximum atomic E-state index is 5.26. The van der Waals surface area contributed by atoms with Crippen LogP contribution >= 0.6 is 11.3 Å². The monoisotopic (exact) mass is 345 g/mol. The van der Waals surface area contributed by atoms with E-state index in [1.807, 2.05) is 12.1 Å². The molecule has 1 aromatic carbocycles. The fourth-order valence-electron chi connectivity index (χ4n) is 2.48. The van der Waals surface area contributed by atoms with Gasteiger partial charge in [0.15, 0.2) is 5.96 Å². The number of hydrogen-bond donors (Lipinski definition) is 2. The summed E-state index contributed by atoms with van der Waals surface area (Å²) in [4.78, 5) is 5.70. The number of rotatable bonds is 7. The number of aliphatic imine (C=N–C) groups is 1. The van der Waals surface area contributed by atoms with Crippen LogP contribution in [-0.4, -0.2) is 26.7 Å². The lowest BCUT2D eigenvalue weighted by atomic mass is 9.91. The average Bonchev–Trinajstić information content (AvgIpc) is 3.12. The van der Waals surface area contributed by atoms with Crippen LogP contribution in [0.5, 0.6) is 0 Å². The molecule has 0 amide bonds. The van der Waals surface area contributed by atoms with E-state index in [2.05, 4.69) is 59.1 Å². The van der Waals surface area contributed by atoms with Gasteiger partial charge < -0.3 is 15.4 Å². The highest BCUT2D eigenvalue weighted by Gasteiger charge is 2.21. The SMILES string of the molecule is CN=C(NCc1ccccc1COC)NCC(C)(C)c1cccs1. The Morgan fingerprint density at radius 1 is 1.12 bits per heavy atom. The third-order valence-corrected chi connectivity index (χ3v) is 5.21. The Bertz CT molecular complexity index is 650. The standard InChI is InChI=1S/C19H27N3OS/c1-19(2,17-10-7-11-24-17)14-22-18(20-3)21-12-15-8-5-6-9-16(15)13-23-4/h5-11H,12-14H2,1-4H3,(H2,20,21,22). The minimum absolute atomic E-state index is 0.0692. The van der Waals surface area contributed by atoms with Gasteiger partial charge in [-0.15, -0.1) is 11.3 Å². The molecule has 2 N–H and O–H groups in total. The quantitative estimate of drug-likeness (QED) is 0.596. The van der Waals surface area contributed by atoms with E-state index in [0.717, 1.165) is 19.0 Å². The van der Waals surface area contributed by atoms with Gasteiger partial charge in [-0.3, -0.25) is 4.99 Å². The van der Waals surface area contributed by atoms with Crippen molar-refractivity contribution in [3.8, 4) is 0 Å². The molecule has 2 rings (SSSR count). The van der Waals surface area contributed by atoms with Gasteiger partial charge >= 0.3 is 0 Å². The van der Waals surface area contributed by atoms with Crippen molar-refractivity contribution in [1.82, 2.24) is 10.6 Å². The average molecular weight is 346 g/mol. The van der Waals surface area contributed by atoms with E-state index >= 15 is 0 Å². The molecule has 0 aliphatic carbocycles. The smallest absolute Gasteiger partial charge is 0.191 e. The summed E-state index contributed by atoms with van der Waals surface area (Å²) >= 11 is 1.79. The Morgan fingerprint density at radius 3 is 2.50 bits per heavy atom. The Balaban J connectivity index is 1.92. The first-order valence-corrected chi connectivity index (χ1v) is 8.99. The van der Waals surface area contributed by atoms with E-state index in [-0.39, 0.29) is 5.41 Å². The molecule has 0 radical (unpaired) electrons. The van der Waals surface area contributed by atoms with E-state index in [0.29, 0.717) is 6.61 Å². The van der Waals surface area contributed by atoms with Crippen molar-refractivity contribution < 1.29 is 4.74 Å². The van der Waals surface area contributed by atoms with Crippen LogP contribution < -0.4 is 10.6 Å². The fourth-order valence-corrected chi connectivity index (χ4v) is 3.33. The van der Waals surface area contributed by atoms with E-state index in [1.54, 1.807) is 25.5 Å². The number of benzene rings is 1. The summed E-state index contributed by atoms with van der Waals surface area (Å²) in [5, 5.41) is 8.95. The first kappa shape index (κ1) is 18.5. The van der Waals surface area contributed by atoms with Crippen LogP contribution in [0.15, 0.2) is 46.8 Å². The minimum Gasteiger partial charge on any atom is -0.380 e. The second-order valence-corrected chi connectivity index (χ2v) is 7.29. The van der Waals surface area contributed by atoms with Gasteiger partial charge in [0.1, 0.15) is 0 Å². The Kier molecular flexibility index (Phi) is 6.82. The Morgan fingerprint density at radius 2 is 1.88 bits per heavy atom. The van der Waals surface area contributed by atoms with Crippen LogP contribution in [-0.2, 0) is 23.3 Å². The molecule has 4 nitrogen and oxygen atoms in total. The second-order valence-electron chi connectivity index (χ2n) is 6.34. The molecule has 0 unspecified atom stereocenters. The zero-order chi connectivity index (χ0) is 17.4. The summed E-state index contributed by atoms with van der Waals surface area (Å²) in [6.45, 7) is 6.65. The number of ether oxygens (including phenoxy) is 1. The number of thiophene rings is 1. The van der Waals surface area contributed by atoms with E-state index in [4.69, 9.17) is 4.74 Å². The van der Waals surface area contributed by atoms with Gasteiger partial charge in [0.05, 0.1) is 6.61 Å². The van der Waals surface area contributed by atoms with Gasteiger partial charge in [0, 0.05) is 37.5 Å². The second kappa shape index (κ2) is 8.85. The molecule has 1 heterocycles. The highest BCUT2D eigenvalue weighted by Crippen LogP contribution is 2.26. The highest BCUT2D eigenvalue weighted by atomic mass is 32.1. The Hall–Kier alpha value is -1.85. The number of hydrogen-bond acceptors (Lipinski definition) is 3. The summed E-state index contributed by atoms with van der Waals surface area (Å²) < 4.78 is 5.26. The lowest BCUT2D eigenvalue weighted by Crippen LogP contribution is -2.43. The fraction of sp³-hybridized carbons (Fsp3) is 0.421. The lowest BCUT2D eigenvalue weighted by molar-refractivity contribution is 0.184. The van der Waals surface area contributed by atoms with Gasteiger partial charge in [0.25, 0.3) is 0 Å². The maximum absolute atomic E-state index is 5.26. The number of nitrogens with zero attached hydrogens (tertiary/aromatic N) is 1. The van der Waals surface area contributed by atoms with Crippen molar-refractivity contribution in [1.29, 1.82) is 0 Å². The summed E-state index contributed by atoms with van der Waals surface area (Å²) in [6, 6.07) is 12.6. The van der Waals surface area contributed by atoms with E-state index in [1.165, 1.54) is 16.0 Å². The number of nitrogens with one attached hydrogen (secondary N) is 2. The summed E-state index contributed by atoms with van der Waals surface area (Å²) in [5.74, 6) is 0.812. The van der Waals surface area contributed by atoms with Crippen LogP contribution in [0.3, 0.4) is 0 Å². The first-order valence-electron chi connectivity index (χ1n) is 8.11. The van der Waals surface area contributed by atoms with E-state index in [9.17, 15) is 0 Å². The highest BCUT2D eigenvalue weighted by molar-refractivity contribution is 7.10. The van der Waals surface area contributed by atoms with Crippen LogP contribution in [0.4, 0.5) is 0 Å². The zero-order valence-electron chi connectivity index (χ0n) is 14.9. The molecule has 130 valence electrons. The third-order valence-electron chi connectivity index (χ3n) is 3.97. The van der Waals surface area contributed by atoms with Crippen LogP contribution in [0, 0.1) is 0 Å². The molecule has 0 fully saturated rings. The predicted octanol–water partition coefficient (Wildman–Crippen LogP) is 3.54. The molecule has 2 aromatic rings. The van der Waals surface area contributed by atoms with Crippen molar-refractivity contribution in [2.75, 3.05) is 20.7 Å². The third kappa shape index (κ3) is 5.08. The number of guanidine groups is 1. The van der Waals surface area contributed by atoms with Gasteiger partial charge in [0.2, 0.25) is 0 Å². The molecule has 24 heavy (non-hydrogen) atoms. The van der Waals surface area contributed by atoms with Crippen molar-refractivity contribution in [2.45, 2.75) is 32.4 Å². The molecule has 1 aromatic heterocycles. The van der Waals surface area contributed by atoms with Crippen molar-refractivity contribution in [3.05, 3.63) is 57.8 Å². The predicted molar refractivity (Wildman–Crippen MR) is 103 cm³/mol. The van der Waals surface area contributed by atoms with Gasteiger partial charge in [-0.05, 0) is 22.6 Å². The van der Waals surface area contributed by atoms with Crippen molar-refractivity contribution in [3.63, 3.8) is 0 Å². The van der Waals surface area contributed by atoms with Crippen LogP contribution in [0.25, 0.3) is 0 Å². The molecule has 5 heteroatoms. The van der Waals surface area contributed by atoms with Gasteiger partial charge in [-0.25, -0.2) is 0 Å². The first-order chi connectivity index (χ1) is 11.6.